The van der Waals surface area contributed by atoms with Crippen LogP contribution in [0.5, 0.6) is 0 Å². The van der Waals surface area contributed by atoms with Crippen molar-refractivity contribution in [2.75, 3.05) is 11.9 Å². The van der Waals surface area contributed by atoms with Crippen molar-refractivity contribution in [3.63, 3.8) is 0 Å². The van der Waals surface area contributed by atoms with Crippen LogP contribution in [0.25, 0.3) is 0 Å². The summed E-state index contributed by atoms with van der Waals surface area (Å²) in [5.74, 6) is -0.486. The van der Waals surface area contributed by atoms with E-state index in [1.165, 1.54) is 11.2 Å². The highest BCUT2D eigenvalue weighted by molar-refractivity contribution is 7.89. The molecular formula is C23H27N3O4S. The van der Waals surface area contributed by atoms with E-state index < -0.39 is 16.1 Å². The van der Waals surface area contributed by atoms with Gasteiger partial charge >= 0.3 is 0 Å². The number of carbonyl (C=O) groups is 2. The van der Waals surface area contributed by atoms with Gasteiger partial charge < -0.3 is 10.6 Å². The van der Waals surface area contributed by atoms with Crippen molar-refractivity contribution in [2.45, 2.75) is 56.5 Å². The molecule has 1 heterocycles. The summed E-state index contributed by atoms with van der Waals surface area (Å²) in [7, 11) is -3.97. The lowest BCUT2D eigenvalue weighted by Crippen LogP contribution is -2.42. The fourth-order valence-electron chi connectivity index (χ4n) is 4.08. The Bertz CT molecular complexity index is 1130. The first kappa shape index (κ1) is 21.5. The molecule has 0 radical (unpaired) electrons. The predicted octanol–water partition coefficient (Wildman–Crippen LogP) is 2.91. The van der Waals surface area contributed by atoms with Crippen molar-refractivity contribution < 1.29 is 18.0 Å². The molecule has 0 bridgehead atoms. The highest BCUT2D eigenvalue weighted by Crippen LogP contribution is 2.38. The van der Waals surface area contributed by atoms with Crippen LogP contribution in [-0.4, -0.2) is 37.1 Å². The van der Waals surface area contributed by atoms with Gasteiger partial charge in [-0.05, 0) is 55.0 Å². The zero-order valence-electron chi connectivity index (χ0n) is 17.7. The van der Waals surface area contributed by atoms with E-state index in [9.17, 15) is 18.0 Å². The summed E-state index contributed by atoms with van der Waals surface area (Å²) >= 11 is 0. The average Bonchev–Trinajstić information content (AvgIpc) is 3.53. The molecule has 2 N–H and O–H groups in total. The van der Waals surface area contributed by atoms with Gasteiger partial charge in [0.05, 0.1) is 11.7 Å². The number of anilines is 1. The largest absolute Gasteiger partial charge is 0.353 e. The minimum atomic E-state index is -3.97. The molecule has 1 saturated carbocycles. The van der Waals surface area contributed by atoms with Gasteiger partial charge in [0.2, 0.25) is 21.8 Å². The van der Waals surface area contributed by atoms with Crippen molar-refractivity contribution in [3.05, 3.63) is 59.2 Å². The lowest BCUT2D eigenvalue weighted by atomic mass is 9.92. The monoisotopic (exact) mass is 441 g/mol. The number of carbonyl (C=O) groups excluding carboxylic acids is 2. The van der Waals surface area contributed by atoms with E-state index in [2.05, 4.69) is 10.6 Å². The van der Waals surface area contributed by atoms with Gasteiger partial charge in [0.25, 0.3) is 0 Å². The third-order valence-electron chi connectivity index (χ3n) is 5.72. The minimum Gasteiger partial charge on any atom is -0.353 e. The first-order valence-corrected chi connectivity index (χ1v) is 12.0. The van der Waals surface area contributed by atoms with Crippen LogP contribution in [0.3, 0.4) is 0 Å². The molecule has 0 spiro atoms. The SMILES string of the molecule is CC(=O)Nc1ccc(C)cc1S(=O)(=O)N1CCc2ccccc2[C@H]1CC(=O)NC1CC1. The lowest BCUT2D eigenvalue weighted by Gasteiger charge is -2.36. The Hall–Kier alpha value is -2.71. The highest BCUT2D eigenvalue weighted by Gasteiger charge is 2.39. The quantitative estimate of drug-likeness (QED) is 0.721. The van der Waals surface area contributed by atoms with Gasteiger partial charge in [0.1, 0.15) is 4.90 Å². The van der Waals surface area contributed by atoms with E-state index in [4.69, 9.17) is 0 Å². The minimum absolute atomic E-state index is 0.0506. The van der Waals surface area contributed by atoms with Crippen LogP contribution in [0.2, 0.25) is 0 Å². The van der Waals surface area contributed by atoms with Crippen molar-refractivity contribution in [1.82, 2.24) is 9.62 Å². The van der Waals surface area contributed by atoms with Crippen molar-refractivity contribution >= 4 is 27.5 Å². The van der Waals surface area contributed by atoms with Crippen LogP contribution >= 0.6 is 0 Å². The Balaban J connectivity index is 1.74. The number of aryl methyl sites for hydroxylation is 1. The molecule has 164 valence electrons. The molecule has 1 atom stereocenters. The van der Waals surface area contributed by atoms with Gasteiger partial charge in [0.15, 0.2) is 0 Å². The number of fused-ring (bicyclic) bond motifs is 1. The molecule has 2 aromatic carbocycles. The summed E-state index contributed by atoms with van der Waals surface area (Å²) in [4.78, 5) is 24.4. The molecule has 2 aliphatic rings. The fraction of sp³-hybridized carbons (Fsp3) is 0.391. The summed E-state index contributed by atoms with van der Waals surface area (Å²) in [5.41, 5.74) is 2.94. The maximum Gasteiger partial charge on any atom is 0.245 e. The third-order valence-corrected chi connectivity index (χ3v) is 7.67. The maximum atomic E-state index is 13.8. The summed E-state index contributed by atoms with van der Waals surface area (Å²) in [5, 5.41) is 5.60. The van der Waals surface area contributed by atoms with Gasteiger partial charge in [-0.1, -0.05) is 30.3 Å². The van der Waals surface area contributed by atoms with Gasteiger partial charge in [-0.25, -0.2) is 8.42 Å². The molecule has 7 nitrogen and oxygen atoms in total. The Kier molecular flexibility index (Phi) is 5.85. The Morgan fingerprint density at radius 1 is 1.13 bits per heavy atom. The number of nitrogens with one attached hydrogen (secondary N) is 2. The van der Waals surface area contributed by atoms with E-state index in [0.29, 0.717) is 6.42 Å². The van der Waals surface area contributed by atoms with E-state index in [1.54, 1.807) is 18.2 Å². The van der Waals surface area contributed by atoms with Gasteiger partial charge in [-0.2, -0.15) is 4.31 Å². The van der Waals surface area contributed by atoms with E-state index in [1.807, 2.05) is 31.2 Å². The number of sulfonamides is 1. The third kappa shape index (κ3) is 4.65. The number of hydrogen-bond acceptors (Lipinski definition) is 4. The van der Waals surface area contributed by atoms with E-state index in [0.717, 1.165) is 29.5 Å². The zero-order valence-corrected chi connectivity index (χ0v) is 18.5. The molecule has 31 heavy (non-hydrogen) atoms. The summed E-state index contributed by atoms with van der Waals surface area (Å²) in [6.07, 6.45) is 2.57. The van der Waals surface area contributed by atoms with Gasteiger partial charge in [-0.3, -0.25) is 9.59 Å². The summed E-state index contributed by atoms with van der Waals surface area (Å²) in [6, 6.07) is 12.2. The van der Waals surface area contributed by atoms with Crippen molar-refractivity contribution in [3.8, 4) is 0 Å². The molecule has 1 aliphatic carbocycles. The van der Waals surface area contributed by atoms with Crippen molar-refractivity contribution in [2.24, 2.45) is 0 Å². The second kappa shape index (κ2) is 8.43. The summed E-state index contributed by atoms with van der Waals surface area (Å²) in [6.45, 7) is 3.43. The fourth-order valence-corrected chi connectivity index (χ4v) is 5.92. The molecule has 8 heteroatoms. The van der Waals surface area contributed by atoms with Crippen LogP contribution in [-0.2, 0) is 26.0 Å². The number of rotatable bonds is 6. The van der Waals surface area contributed by atoms with E-state index in [-0.39, 0.29) is 41.4 Å². The van der Waals surface area contributed by atoms with Gasteiger partial charge in [-0.15, -0.1) is 0 Å². The molecule has 1 aliphatic heterocycles. The maximum absolute atomic E-state index is 13.8. The lowest BCUT2D eigenvalue weighted by molar-refractivity contribution is -0.122. The Morgan fingerprint density at radius 2 is 1.87 bits per heavy atom. The molecule has 2 aromatic rings. The van der Waals surface area contributed by atoms with Crippen LogP contribution < -0.4 is 10.6 Å². The predicted molar refractivity (Wildman–Crippen MR) is 118 cm³/mol. The van der Waals surface area contributed by atoms with Crippen LogP contribution in [0.4, 0.5) is 5.69 Å². The normalized spacial score (nSPS) is 18.8. The molecule has 1 fully saturated rings. The second-order valence-electron chi connectivity index (χ2n) is 8.31. The van der Waals surface area contributed by atoms with Gasteiger partial charge in [0, 0.05) is 25.9 Å². The Labute approximate surface area is 182 Å². The molecular weight excluding hydrogens is 414 g/mol. The number of amides is 2. The molecule has 0 aromatic heterocycles. The highest BCUT2D eigenvalue weighted by atomic mass is 32.2. The smallest absolute Gasteiger partial charge is 0.245 e. The molecule has 2 amide bonds. The van der Waals surface area contributed by atoms with Crippen LogP contribution in [0.15, 0.2) is 47.4 Å². The van der Waals surface area contributed by atoms with Crippen molar-refractivity contribution in [1.29, 1.82) is 0 Å². The topological polar surface area (TPSA) is 95.6 Å². The number of nitrogens with zero attached hydrogens (tertiary/aromatic N) is 1. The van der Waals surface area contributed by atoms with E-state index >= 15 is 0 Å². The standard InChI is InChI=1S/C23H27N3O4S/c1-15-7-10-20(24-16(2)27)22(13-15)31(29,30)26-12-11-17-5-3-4-6-19(17)21(26)14-23(28)25-18-8-9-18/h3-7,10,13,18,21H,8-9,11-12,14H2,1-2H3,(H,24,27)(H,25,28)/t21-/m1/s1. The zero-order chi connectivity index (χ0) is 22.2. The first-order valence-electron chi connectivity index (χ1n) is 10.5. The van der Waals surface area contributed by atoms with Crippen LogP contribution in [0, 0.1) is 6.92 Å². The number of benzene rings is 2. The molecule has 0 saturated heterocycles. The second-order valence-corrected chi connectivity index (χ2v) is 10.2. The summed E-state index contributed by atoms with van der Waals surface area (Å²) < 4.78 is 29.1. The average molecular weight is 442 g/mol. The number of hydrogen-bond donors (Lipinski definition) is 2. The molecule has 4 rings (SSSR count). The Morgan fingerprint density at radius 3 is 2.58 bits per heavy atom. The molecule has 0 unspecified atom stereocenters. The first-order chi connectivity index (χ1) is 14.8. The van der Waals surface area contributed by atoms with Crippen LogP contribution in [0.1, 0.15) is 48.9 Å².